The zero-order valence-electron chi connectivity index (χ0n) is 15.7. The van der Waals surface area contributed by atoms with E-state index in [-0.39, 0.29) is 30.9 Å². The topological polar surface area (TPSA) is 79.5 Å². The monoisotopic (exact) mass is 445 g/mol. The van der Waals surface area contributed by atoms with Gasteiger partial charge in [-0.15, -0.1) is 0 Å². The van der Waals surface area contributed by atoms with Crippen molar-refractivity contribution in [2.45, 2.75) is 18.9 Å². The van der Waals surface area contributed by atoms with Crippen LogP contribution in [0.4, 0.5) is 5.69 Å². The third-order valence-electron chi connectivity index (χ3n) is 4.64. The molecule has 0 aliphatic heterocycles. The number of nitrogens with one attached hydrogen (secondary N) is 3. The molecule has 0 radical (unpaired) electrons. The molecule has 0 aromatic heterocycles. The molecular formula is C21H24BrN3O3. The average molecular weight is 446 g/mol. The number of carbonyl (C=O) groups is 2. The van der Waals surface area contributed by atoms with Gasteiger partial charge in [0.25, 0.3) is 0 Å². The summed E-state index contributed by atoms with van der Waals surface area (Å²) in [5.41, 5.74) is 1.82. The summed E-state index contributed by atoms with van der Waals surface area (Å²) in [7, 11) is 1.64. The molecule has 6 nitrogen and oxygen atoms in total. The normalized spacial score (nSPS) is 14.2. The molecular weight excluding hydrogens is 422 g/mol. The molecule has 1 aliphatic rings. The quantitative estimate of drug-likeness (QED) is 0.553. The molecule has 0 spiro atoms. The standard InChI is InChI=1S/C21H24BrN3O3/c1-28-16-10-8-15(9-11-16)21(14-6-7-14)24-12-19(26)23-13-20(27)25-18-5-3-2-4-17(18)22/h2-5,8-11,14,21,24H,6-7,12-13H2,1H3,(H,23,26)(H,25,27). The number of anilines is 1. The zero-order chi connectivity index (χ0) is 19.9. The summed E-state index contributed by atoms with van der Waals surface area (Å²) in [6, 6.07) is 15.4. The minimum atomic E-state index is -0.269. The maximum absolute atomic E-state index is 12.2. The molecule has 2 aromatic carbocycles. The second-order valence-corrected chi connectivity index (χ2v) is 7.63. The third-order valence-corrected chi connectivity index (χ3v) is 5.34. The van der Waals surface area contributed by atoms with Crippen LogP contribution < -0.4 is 20.7 Å². The maximum atomic E-state index is 12.2. The number of rotatable bonds is 9. The lowest BCUT2D eigenvalue weighted by Crippen LogP contribution is -2.39. The van der Waals surface area contributed by atoms with Crippen molar-refractivity contribution in [1.29, 1.82) is 0 Å². The molecule has 2 aromatic rings. The van der Waals surface area contributed by atoms with Crippen molar-refractivity contribution in [1.82, 2.24) is 10.6 Å². The molecule has 3 rings (SSSR count). The fraction of sp³-hybridized carbons (Fsp3) is 0.333. The van der Waals surface area contributed by atoms with Crippen LogP contribution in [0.2, 0.25) is 0 Å². The molecule has 148 valence electrons. The van der Waals surface area contributed by atoms with Crippen molar-refractivity contribution in [3.63, 3.8) is 0 Å². The molecule has 1 atom stereocenters. The summed E-state index contributed by atoms with van der Waals surface area (Å²) in [6.07, 6.45) is 2.30. The summed E-state index contributed by atoms with van der Waals surface area (Å²) < 4.78 is 6.00. The first kappa shape index (κ1) is 20.4. The van der Waals surface area contributed by atoms with Gasteiger partial charge in [-0.25, -0.2) is 0 Å². The Bertz CT molecular complexity index is 822. The Morgan fingerprint density at radius 1 is 1.07 bits per heavy atom. The van der Waals surface area contributed by atoms with Crippen LogP contribution in [0.1, 0.15) is 24.4 Å². The van der Waals surface area contributed by atoms with Gasteiger partial charge in [-0.05, 0) is 64.5 Å². The molecule has 7 heteroatoms. The van der Waals surface area contributed by atoms with Crippen LogP contribution in [0, 0.1) is 5.92 Å². The first-order valence-electron chi connectivity index (χ1n) is 9.25. The number of hydrogen-bond donors (Lipinski definition) is 3. The lowest BCUT2D eigenvalue weighted by atomic mass is 10.0. The van der Waals surface area contributed by atoms with E-state index in [1.165, 1.54) is 0 Å². The van der Waals surface area contributed by atoms with E-state index < -0.39 is 0 Å². The van der Waals surface area contributed by atoms with Gasteiger partial charge in [-0.2, -0.15) is 0 Å². The average Bonchev–Trinajstić information content (AvgIpc) is 3.54. The van der Waals surface area contributed by atoms with Crippen molar-refractivity contribution in [3.8, 4) is 5.75 Å². The third kappa shape index (κ3) is 5.81. The molecule has 1 unspecified atom stereocenters. The number of methoxy groups -OCH3 is 1. The highest BCUT2D eigenvalue weighted by atomic mass is 79.9. The number of carbonyl (C=O) groups excluding carboxylic acids is 2. The maximum Gasteiger partial charge on any atom is 0.243 e. The fourth-order valence-corrected chi connectivity index (χ4v) is 3.38. The van der Waals surface area contributed by atoms with Crippen LogP contribution >= 0.6 is 15.9 Å². The Labute approximate surface area is 173 Å². The van der Waals surface area contributed by atoms with Gasteiger partial charge in [-0.3, -0.25) is 9.59 Å². The summed E-state index contributed by atoms with van der Waals surface area (Å²) in [5, 5.41) is 8.75. The summed E-state index contributed by atoms with van der Waals surface area (Å²) in [6.45, 7) is 0.0913. The number of para-hydroxylation sites is 1. The first-order valence-corrected chi connectivity index (χ1v) is 10.0. The van der Waals surface area contributed by atoms with Crippen molar-refractivity contribution in [2.75, 3.05) is 25.5 Å². The van der Waals surface area contributed by atoms with Gasteiger partial charge < -0.3 is 20.7 Å². The van der Waals surface area contributed by atoms with Crippen molar-refractivity contribution in [3.05, 3.63) is 58.6 Å². The predicted molar refractivity (Wildman–Crippen MR) is 112 cm³/mol. The predicted octanol–water partition coefficient (Wildman–Crippen LogP) is 3.25. The van der Waals surface area contributed by atoms with Gasteiger partial charge in [0.05, 0.1) is 25.9 Å². The largest absolute Gasteiger partial charge is 0.497 e. The van der Waals surface area contributed by atoms with Crippen LogP contribution in [0.25, 0.3) is 0 Å². The van der Waals surface area contributed by atoms with Crippen LogP contribution in [-0.2, 0) is 9.59 Å². The Morgan fingerprint density at radius 2 is 1.79 bits per heavy atom. The Morgan fingerprint density at radius 3 is 2.43 bits per heavy atom. The van der Waals surface area contributed by atoms with E-state index in [0.29, 0.717) is 11.6 Å². The zero-order valence-corrected chi connectivity index (χ0v) is 17.3. The molecule has 0 heterocycles. The minimum absolute atomic E-state index is 0.0710. The molecule has 2 amide bonds. The van der Waals surface area contributed by atoms with Crippen molar-refractivity contribution in [2.24, 2.45) is 5.92 Å². The highest BCUT2D eigenvalue weighted by molar-refractivity contribution is 9.10. The molecule has 1 saturated carbocycles. The number of hydrogen-bond acceptors (Lipinski definition) is 4. The van der Waals surface area contributed by atoms with E-state index in [1.807, 2.05) is 42.5 Å². The Balaban J connectivity index is 1.45. The number of halogens is 1. The van der Waals surface area contributed by atoms with E-state index in [0.717, 1.165) is 28.6 Å². The van der Waals surface area contributed by atoms with Gasteiger partial charge in [0.1, 0.15) is 5.75 Å². The van der Waals surface area contributed by atoms with Crippen LogP contribution in [0.5, 0.6) is 5.75 Å². The van der Waals surface area contributed by atoms with E-state index in [4.69, 9.17) is 4.74 Å². The smallest absolute Gasteiger partial charge is 0.243 e. The summed E-state index contributed by atoms with van der Waals surface area (Å²) in [4.78, 5) is 24.2. The van der Waals surface area contributed by atoms with Gasteiger partial charge >= 0.3 is 0 Å². The van der Waals surface area contributed by atoms with E-state index >= 15 is 0 Å². The number of ether oxygens (including phenoxy) is 1. The van der Waals surface area contributed by atoms with Crippen LogP contribution in [0.15, 0.2) is 53.0 Å². The van der Waals surface area contributed by atoms with Crippen molar-refractivity contribution < 1.29 is 14.3 Å². The lowest BCUT2D eigenvalue weighted by Gasteiger charge is -2.19. The second kappa shape index (κ2) is 9.71. The van der Waals surface area contributed by atoms with Gasteiger partial charge in [0, 0.05) is 10.5 Å². The molecule has 0 bridgehead atoms. The highest BCUT2D eigenvalue weighted by Crippen LogP contribution is 2.41. The number of benzene rings is 2. The van der Waals surface area contributed by atoms with E-state index in [2.05, 4.69) is 31.9 Å². The van der Waals surface area contributed by atoms with E-state index in [9.17, 15) is 9.59 Å². The van der Waals surface area contributed by atoms with Crippen molar-refractivity contribution >= 4 is 33.4 Å². The molecule has 1 aliphatic carbocycles. The minimum Gasteiger partial charge on any atom is -0.497 e. The highest BCUT2D eigenvalue weighted by Gasteiger charge is 2.32. The molecule has 28 heavy (non-hydrogen) atoms. The fourth-order valence-electron chi connectivity index (χ4n) is 3.00. The van der Waals surface area contributed by atoms with Gasteiger partial charge in [-0.1, -0.05) is 24.3 Å². The van der Waals surface area contributed by atoms with Crippen LogP contribution in [0.3, 0.4) is 0 Å². The second-order valence-electron chi connectivity index (χ2n) is 6.77. The Hall–Kier alpha value is -2.38. The number of amides is 2. The molecule has 3 N–H and O–H groups in total. The molecule has 0 saturated heterocycles. The van der Waals surface area contributed by atoms with Crippen LogP contribution in [-0.4, -0.2) is 32.0 Å². The summed E-state index contributed by atoms with van der Waals surface area (Å²) in [5.74, 6) is 0.877. The van der Waals surface area contributed by atoms with Gasteiger partial charge in [0.2, 0.25) is 11.8 Å². The first-order chi connectivity index (χ1) is 13.6. The van der Waals surface area contributed by atoms with E-state index in [1.54, 1.807) is 13.2 Å². The summed E-state index contributed by atoms with van der Waals surface area (Å²) >= 11 is 3.38. The Kier molecular flexibility index (Phi) is 7.06. The van der Waals surface area contributed by atoms with Gasteiger partial charge in [0.15, 0.2) is 0 Å². The lowest BCUT2D eigenvalue weighted by molar-refractivity contribution is -0.123. The SMILES string of the molecule is COc1ccc(C(NCC(=O)NCC(=O)Nc2ccccc2Br)C2CC2)cc1. The molecule has 1 fully saturated rings.